The SMILES string of the molecule is COc1c(CNN)[nH]c(=S)[nH]c1=O. The highest BCUT2D eigenvalue weighted by molar-refractivity contribution is 7.71. The van der Waals surface area contributed by atoms with E-state index >= 15 is 0 Å². The van der Waals surface area contributed by atoms with Gasteiger partial charge in [0, 0.05) is 0 Å². The average molecular weight is 202 g/mol. The number of hydrogen-bond acceptors (Lipinski definition) is 5. The Kier molecular flexibility index (Phi) is 3.18. The molecule has 0 fully saturated rings. The number of ether oxygens (including phenoxy) is 1. The van der Waals surface area contributed by atoms with Crippen LogP contribution in [0.2, 0.25) is 0 Å². The van der Waals surface area contributed by atoms with Crippen molar-refractivity contribution in [3.63, 3.8) is 0 Å². The van der Waals surface area contributed by atoms with Crippen molar-refractivity contribution in [2.75, 3.05) is 7.11 Å². The van der Waals surface area contributed by atoms with Crippen molar-refractivity contribution in [3.8, 4) is 5.75 Å². The van der Waals surface area contributed by atoms with Crippen LogP contribution in [0.4, 0.5) is 0 Å². The molecular weight excluding hydrogens is 192 g/mol. The topological polar surface area (TPSA) is 95.9 Å². The maximum absolute atomic E-state index is 11.2. The summed E-state index contributed by atoms with van der Waals surface area (Å²) in [7, 11) is 1.40. The van der Waals surface area contributed by atoms with Crippen LogP contribution in [-0.2, 0) is 6.54 Å². The Labute approximate surface area is 79.1 Å². The van der Waals surface area contributed by atoms with Gasteiger partial charge in [0.2, 0.25) is 5.75 Å². The molecule has 0 saturated carbocycles. The lowest BCUT2D eigenvalue weighted by atomic mass is 10.4. The predicted octanol–water partition coefficient (Wildman–Crippen LogP) is -0.596. The molecule has 0 aromatic carbocycles. The monoisotopic (exact) mass is 202 g/mol. The largest absolute Gasteiger partial charge is 0.490 e. The molecular formula is C6H10N4O2S. The second-order valence-corrected chi connectivity index (χ2v) is 2.71. The second-order valence-electron chi connectivity index (χ2n) is 2.30. The smallest absolute Gasteiger partial charge is 0.294 e. The van der Waals surface area contributed by atoms with E-state index in [-0.39, 0.29) is 22.6 Å². The average Bonchev–Trinajstić information content (AvgIpc) is 2.04. The van der Waals surface area contributed by atoms with Crippen molar-refractivity contribution < 1.29 is 4.74 Å². The van der Waals surface area contributed by atoms with Gasteiger partial charge < -0.3 is 9.72 Å². The Morgan fingerprint density at radius 1 is 1.62 bits per heavy atom. The van der Waals surface area contributed by atoms with Gasteiger partial charge >= 0.3 is 0 Å². The molecule has 72 valence electrons. The summed E-state index contributed by atoms with van der Waals surface area (Å²) in [6.45, 7) is 0.288. The van der Waals surface area contributed by atoms with Crippen molar-refractivity contribution in [1.82, 2.24) is 15.4 Å². The number of nitrogens with two attached hydrogens (primary N) is 1. The van der Waals surface area contributed by atoms with E-state index in [1.807, 2.05) is 0 Å². The summed E-state index contributed by atoms with van der Waals surface area (Å²) in [5.41, 5.74) is 2.57. The summed E-state index contributed by atoms with van der Waals surface area (Å²) < 4.78 is 5.11. The van der Waals surface area contributed by atoms with Gasteiger partial charge in [-0.25, -0.2) is 0 Å². The van der Waals surface area contributed by atoms with Crippen LogP contribution in [0.3, 0.4) is 0 Å². The Bertz CT molecular complexity index is 396. The van der Waals surface area contributed by atoms with E-state index in [9.17, 15) is 4.79 Å². The van der Waals surface area contributed by atoms with Gasteiger partial charge in [-0.2, -0.15) is 0 Å². The number of rotatable bonds is 3. The molecule has 1 aromatic rings. The number of aromatic nitrogens is 2. The molecule has 6 nitrogen and oxygen atoms in total. The zero-order valence-corrected chi connectivity index (χ0v) is 7.83. The van der Waals surface area contributed by atoms with E-state index < -0.39 is 0 Å². The molecule has 7 heteroatoms. The fraction of sp³-hybridized carbons (Fsp3) is 0.333. The highest BCUT2D eigenvalue weighted by Crippen LogP contribution is 2.06. The van der Waals surface area contributed by atoms with Crippen LogP contribution in [0.5, 0.6) is 5.75 Å². The first kappa shape index (κ1) is 9.90. The normalized spacial score (nSPS) is 10.0. The molecule has 5 N–H and O–H groups in total. The van der Waals surface area contributed by atoms with Crippen LogP contribution >= 0.6 is 12.2 Å². The van der Waals surface area contributed by atoms with Gasteiger partial charge in [-0.05, 0) is 12.2 Å². The first-order valence-electron chi connectivity index (χ1n) is 3.52. The van der Waals surface area contributed by atoms with Crippen LogP contribution in [-0.4, -0.2) is 17.1 Å². The van der Waals surface area contributed by atoms with E-state index in [0.29, 0.717) is 5.69 Å². The lowest BCUT2D eigenvalue weighted by molar-refractivity contribution is 0.397. The molecule has 0 radical (unpaired) electrons. The third-order valence-electron chi connectivity index (χ3n) is 1.45. The van der Waals surface area contributed by atoms with Gasteiger partial charge in [0.25, 0.3) is 5.56 Å². The minimum Gasteiger partial charge on any atom is -0.490 e. The fourth-order valence-electron chi connectivity index (χ4n) is 0.964. The molecule has 1 heterocycles. The number of aromatic amines is 2. The fourth-order valence-corrected chi connectivity index (χ4v) is 1.18. The summed E-state index contributed by atoms with van der Waals surface area (Å²) in [6.07, 6.45) is 0. The highest BCUT2D eigenvalue weighted by atomic mass is 32.1. The Morgan fingerprint density at radius 3 is 2.85 bits per heavy atom. The van der Waals surface area contributed by atoms with Crippen LogP contribution < -0.4 is 21.6 Å². The lowest BCUT2D eigenvalue weighted by Crippen LogP contribution is -2.24. The molecule has 0 amide bonds. The summed E-state index contributed by atoms with van der Waals surface area (Å²) in [5.74, 6) is 5.30. The molecule has 0 spiro atoms. The molecule has 1 aromatic heterocycles. The molecule has 1 rings (SSSR count). The van der Waals surface area contributed by atoms with Gasteiger partial charge in [0.15, 0.2) is 4.77 Å². The molecule has 0 unspecified atom stereocenters. The Balaban J connectivity index is 3.29. The predicted molar refractivity (Wildman–Crippen MR) is 49.8 cm³/mol. The molecule has 0 aliphatic rings. The minimum atomic E-state index is -0.364. The zero-order valence-electron chi connectivity index (χ0n) is 7.01. The molecule has 0 atom stereocenters. The van der Waals surface area contributed by atoms with Crippen molar-refractivity contribution in [2.45, 2.75) is 6.54 Å². The van der Waals surface area contributed by atoms with Crippen molar-refractivity contribution in [1.29, 1.82) is 0 Å². The Morgan fingerprint density at radius 2 is 2.31 bits per heavy atom. The minimum absolute atomic E-state index is 0.187. The van der Waals surface area contributed by atoms with Crippen molar-refractivity contribution >= 4 is 12.2 Å². The van der Waals surface area contributed by atoms with Crippen molar-refractivity contribution in [2.24, 2.45) is 5.84 Å². The van der Waals surface area contributed by atoms with E-state index in [2.05, 4.69) is 15.4 Å². The van der Waals surface area contributed by atoms with E-state index in [1.165, 1.54) is 7.11 Å². The first-order chi connectivity index (χ1) is 6.19. The standard InChI is InChI=1S/C6H10N4O2S/c1-12-4-3(2-8-7)9-6(13)10-5(4)11/h8H,2,7H2,1H3,(H2,9,10,11,13). The van der Waals surface area contributed by atoms with Gasteiger partial charge in [-0.3, -0.25) is 21.0 Å². The van der Waals surface area contributed by atoms with Crippen LogP contribution in [0.25, 0.3) is 0 Å². The summed E-state index contributed by atoms with van der Waals surface area (Å²) in [6, 6.07) is 0. The number of methoxy groups -OCH3 is 1. The maximum Gasteiger partial charge on any atom is 0.294 e. The quantitative estimate of drug-likeness (QED) is 0.298. The van der Waals surface area contributed by atoms with E-state index in [4.69, 9.17) is 22.8 Å². The third-order valence-corrected chi connectivity index (χ3v) is 1.66. The molecule has 0 aliphatic carbocycles. The van der Waals surface area contributed by atoms with Gasteiger partial charge in [-0.1, -0.05) is 0 Å². The van der Waals surface area contributed by atoms with Gasteiger partial charge in [0.1, 0.15) is 0 Å². The number of hydrazine groups is 1. The molecule has 13 heavy (non-hydrogen) atoms. The van der Waals surface area contributed by atoms with E-state index in [0.717, 1.165) is 0 Å². The second kappa shape index (κ2) is 4.17. The van der Waals surface area contributed by atoms with Crippen LogP contribution in [0.1, 0.15) is 5.69 Å². The van der Waals surface area contributed by atoms with Gasteiger partial charge in [0.05, 0.1) is 19.3 Å². The zero-order chi connectivity index (χ0) is 9.84. The summed E-state index contributed by atoms with van der Waals surface area (Å²) >= 11 is 4.77. The first-order valence-corrected chi connectivity index (χ1v) is 3.92. The van der Waals surface area contributed by atoms with E-state index in [1.54, 1.807) is 0 Å². The molecule has 0 saturated heterocycles. The summed E-state index contributed by atoms with van der Waals surface area (Å²) in [5, 5.41) is 0. The molecule has 0 aliphatic heterocycles. The number of hydrogen-bond donors (Lipinski definition) is 4. The molecule has 0 bridgehead atoms. The van der Waals surface area contributed by atoms with Crippen LogP contribution in [0.15, 0.2) is 4.79 Å². The van der Waals surface area contributed by atoms with Crippen molar-refractivity contribution in [3.05, 3.63) is 20.8 Å². The summed E-state index contributed by atoms with van der Waals surface area (Å²) in [4.78, 5) is 16.4. The van der Waals surface area contributed by atoms with Crippen LogP contribution in [0, 0.1) is 4.77 Å². The Hall–Kier alpha value is -1.18. The third kappa shape index (κ3) is 2.14. The highest BCUT2D eigenvalue weighted by Gasteiger charge is 2.06. The number of H-pyrrole nitrogens is 2. The maximum atomic E-state index is 11.2. The van der Waals surface area contributed by atoms with Gasteiger partial charge in [-0.15, -0.1) is 0 Å². The lowest BCUT2D eigenvalue weighted by Gasteiger charge is -2.05. The number of nitrogens with one attached hydrogen (secondary N) is 3.